The van der Waals surface area contributed by atoms with E-state index in [-0.39, 0.29) is 64.1 Å². The van der Waals surface area contributed by atoms with Gasteiger partial charge in [-0.15, -0.1) is 6.54 Å². The number of hydrogen-bond acceptors (Lipinski definition) is 3. The van der Waals surface area contributed by atoms with Gasteiger partial charge in [0.2, 0.25) is 5.91 Å². The summed E-state index contributed by atoms with van der Waals surface area (Å²) in [5, 5.41) is 3.90. The van der Waals surface area contributed by atoms with Crippen molar-refractivity contribution in [3.8, 4) is 0 Å². The second kappa shape index (κ2) is 6.71. The minimum Gasteiger partial charge on any atom is -0.665 e. The van der Waals surface area contributed by atoms with E-state index in [4.69, 9.17) is 0 Å². The molecule has 6 heteroatoms. The number of aromatic nitrogens is 3. The monoisotopic (exact) mass is 288 g/mol. The van der Waals surface area contributed by atoms with E-state index in [1.807, 2.05) is 0 Å². The molecule has 0 atom stereocenters. The molecule has 16 heavy (non-hydrogen) atoms. The van der Waals surface area contributed by atoms with E-state index in [1.54, 1.807) is 30.1 Å². The number of pyridine rings is 1. The van der Waals surface area contributed by atoms with Crippen LogP contribution in [0, 0.1) is 0 Å². The van der Waals surface area contributed by atoms with E-state index in [1.165, 1.54) is 6.33 Å². The van der Waals surface area contributed by atoms with Crippen molar-refractivity contribution in [1.29, 1.82) is 0 Å². The zero-order valence-corrected chi connectivity index (χ0v) is 14.3. The maximum Gasteiger partial charge on any atom is 1.00 e. The predicted molar refractivity (Wildman–Crippen MR) is 56.9 cm³/mol. The summed E-state index contributed by atoms with van der Waals surface area (Å²) in [7, 11) is 1.70. The van der Waals surface area contributed by atoms with Gasteiger partial charge in [-0.3, -0.25) is 14.3 Å². The molecule has 2 aromatic rings. The fraction of sp³-hybridized carbons (Fsp3) is 0.300. The summed E-state index contributed by atoms with van der Waals surface area (Å²) in [4.78, 5) is 19.8. The van der Waals surface area contributed by atoms with Gasteiger partial charge >= 0.3 is 58.2 Å². The summed E-state index contributed by atoms with van der Waals surface area (Å²) in [5.41, 5.74) is 1.53. The van der Waals surface area contributed by atoms with Crippen LogP contribution in [0.4, 0.5) is 0 Å². The van der Waals surface area contributed by atoms with Gasteiger partial charge in [0, 0.05) is 12.6 Å². The zero-order chi connectivity index (χ0) is 10.7. The van der Waals surface area contributed by atoms with Crippen molar-refractivity contribution in [2.75, 3.05) is 13.6 Å². The molecular weight excluding hydrogens is 278 g/mol. The largest absolute Gasteiger partial charge is 1.00 e. The molecule has 0 saturated carbocycles. The Balaban J connectivity index is 0.00000128. The van der Waals surface area contributed by atoms with E-state index < -0.39 is 0 Å². The van der Waals surface area contributed by atoms with Crippen LogP contribution in [0.1, 0.15) is 11.2 Å². The molecule has 0 aliphatic heterocycles. The average Bonchev–Trinajstić information content (AvgIpc) is 2.69. The van der Waals surface area contributed by atoms with E-state index in [2.05, 4.69) is 15.3 Å². The number of rotatable bonds is 3. The molecule has 0 radical (unpaired) electrons. The molecular formula is C10H11N4ORb. The molecule has 2 rings (SSSR count). The number of hydrogen-bond donors (Lipinski definition) is 0. The van der Waals surface area contributed by atoms with Gasteiger partial charge in [0.1, 0.15) is 11.8 Å². The molecule has 0 unspecified atom stereocenters. The number of nitrogens with zero attached hydrogens (tertiary/aromatic N) is 4. The van der Waals surface area contributed by atoms with Gasteiger partial charge < -0.3 is 5.32 Å². The number of carbonyl (C=O) groups is 1. The molecule has 0 fully saturated rings. The van der Waals surface area contributed by atoms with Gasteiger partial charge in [0.25, 0.3) is 0 Å². The molecule has 5 nitrogen and oxygen atoms in total. The quantitative estimate of drug-likeness (QED) is 0.688. The second-order valence-corrected chi connectivity index (χ2v) is 3.16. The van der Waals surface area contributed by atoms with Crippen molar-refractivity contribution in [2.24, 2.45) is 0 Å². The molecule has 0 bridgehead atoms. The van der Waals surface area contributed by atoms with Crippen LogP contribution in [0.25, 0.3) is 16.4 Å². The Labute approximate surface area is 142 Å². The smallest absolute Gasteiger partial charge is 0.665 e. The Hall–Kier alpha value is 0.0552. The van der Waals surface area contributed by atoms with E-state index in [9.17, 15) is 4.79 Å². The summed E-state index contributed by atoms with van der Waals surface area (Å²) in [5.74, 6) is 0.00861. The van der Waals surface area contributed by atoms with Crippen molar-refractivity contribution in [3.63, 3.8) is 0 Å². The maximum atomic E-state index is 11.7. The average molecular weight is 289 g/mol. The fourth-order valence-corrected chi connectivity index (χ4v) is 1.39. The van der Waals surface area contributed by atoms with Crippen LogP contribution in [0.2, 0.25) is 0 Å². The van der Waals surface area contributed by atoms with Crippen molar-refractivity contribution in [1.82, 2.24) is 14.5 Å². The molecule has 0 saturated heterocycles. The van der Waals surface area contributed by atoms with Crippen molar-refractivity contribution in [3.05, 3.63) is 30.1 Å². The summed E-state index contributed by atoms with van der Waals surface area (Å²) < 4.78 is 1.54. The molecule has 0 aliphatic carbocycles. The van der Waals surface area contributed by atoms with E-state index >= 15 is 0 Å². The summed E-state index contributed by atoms with van der Waals surface area (Å²) >= 11 is 0. The van der Waals surface area contributed by atoms with E-state index in [0.717, 1.165) is 11.0 Å². The van der Waals surface area contributed by atoms with Crippen LogP contribution < -0.4 is 58.2 Å². The molecule has 0 aliphatic rings. The molecule has 0 spiro atoms. The Kier molecular flexibility index (Phi) is 5.92. The normalized spacial score (nSPS) is 10.1. The van der Waals surface area contributed by atoms with Crippen LogP contribution in [0.3, 0.4) is 0 Å². The minimum atomic E-state index is 0. The Morgan fingerprint density at radius 1 is 1.56 bits per heavy atom. The number of fused-ring (bicyclic) bond motifs is 1. The molecule has 0 N–H and O–H groups in total. The first-order chi connectivity index (χ1) is 7.33. The fourth-order valence-electron chi connectivity index (χ4n) is 1.39. The summed E-state index contributed by atoms with van der Waals surface area (Å²) in [6, 6.07) is 1.78. The first-order valence-corrected chi connectivity index (χ1v) is 4.69. The summed E-state index contributed by atoms with van der Waals surface area (Å²) in [6.45, 7) is 0.545. The van der Waals surface area contributed by atoms with Crippen molar-refractivity contribution < 1.29 is 63.0 Å². The van der Waals surface area contributed by atoms with Gasteiger partial charge in [-0.2, -0.15) is 7.05 Å². The van der Waals surface area contributed by atoms with Crippen LogP contribution in [0.5, 0.6) is 0 Å². The predicted octanol–water partition coefficient (Wildman–Crippen LogP) is -1.53. The summed E-state index contributed by atoms with van der Waals surface area (Å²) in [6.07, 6.45) is 5.23. The van der Waals surface area contributed by atoms with Crippen LogP contribution >= 0.6 is 0 Å². The van der Waals surface area contributed by atoms with Gasteiger partial charge in [-0.25, -0.2) is 4.98 Å². The van der Waals surface area contributed by atoms with Crippen LogP contribution in [-0.4, -0.2) is 34.0 Å². The first kappa shape index (κ1) is 14.1. The number of carbonyl (C=O) groups excluding carboxylic acids is 1. The molecule has 2 aromatic heterocycles. The topological polar surface area (TPSA) is 61.9 Å². The first-order valence-electron chi connectivity index (χ1n) is 4.69. The van der Waals surface area contributed by atoms with Gasteiger partial charge in [0.15, 0.2) is 0 Å². The third-order valence-corrected chi connectivity index (χ3v) is 2.17. The third kappa shape index (κ3) is 3.04. The van der Waals surface area contributed by atoms with Gasteiger partial charge in [0.05, 0.1) is 11.7 Å². The Morgan fingerprint density at radius 3 is 3.12 bits per heavy atom. The van der Waals surface area contributed by atoms with Crippen LogP contribution in [-0.2, 0) is 0 Å². The zero-order valence-electron chi connectivity index (χ0n) is 9.42. The van der Waals surface area contributed by atoms with Crippen molar-refractivity contribution in [2.45, 2.75) is 6.42 Å². The van der Waals surface area contributed by atoms with Gasteiger partial charge in [-0.05, 0) is 6.07 Å². The van der Waals surface area contributed by atoms with Gasteiger partial charge in [-0.1, -0.05) is 0 Å². The number of imidazole rings is 1. The SMILES string of the molecule is C[N-]CCC(=O)n1cnc2cnccc21.[Rb+]. The standard InChI is InChI=1S/C10H11N4O.Rb/c1-11-4-3-10(15)14-7-13-8-6-12-5-2-9(8)14;/h2,5-7H,3-4H2,1H3;/q-1;+1. The molecule has 78 valence electrons. The third-order valence-electron chi connectivity index (χ3n) is 2.17. The van der Waals surface area contributed by atoms with Crippen molar-refractivity contribution >= 4 is 16.9 Å². The minimum absolute atomic E-state index is 0. The Bertz CT molecular complexity index is 482. The molecule has 0 amide bonds. The maximum absolute atomic E-state index is 11.7. The van der Waals surface area contributed by atoms with E-state index in [0.29, 0.717) is 13.0 Å². The Morgan fingerprint density at radius 2 is 2.38 bits per heavy atom. The van der Waals surface area contributed by atoms with Crippen LogP contribution in [0.15, 0.2) is 24.8 Å². The molecule has 2 heterocycles. The molecule has 0 aromatic carbocycles. The second-order valence-electron chi connectivity index (χ2n) is 3.16.